The van der Waals surface area contributed by atoms with Crippen LogP contribution in [0.1, 0.15) is 12.8 Å². The summed E-state index contributed by atoms with van der Waals surface area (Å²) in [7, 11) is 1.27. The van der Waals surface area contributed by atoms with E-state index < -0.39 is 72.1 Å². The average molecular weight is 766 g/mol. The molecule has 0 aliphatic carbocycles. The van der Waals surface area contributed by atoms with E-state index in [9.17, 15) is 79.0 Å². The van der Waals surface area contributed by atoms with Crippen molar-refractivity contribution in [3.63, 3.8) is 0 Å². The molecular formula is C19H19ClF18IN. The summed E-state index contributed by atoms with van der Waals surface area (Å²) in [5, 5.41) is -6.92. The lowest BCUT2D eigenvalue weighted by Crippen LogP contribution is -3.00. The van der Waals surface area contributed by atoms with E-state index in [1.807, 2.05) is 0 Å². The molecule has 240 valence electrons. The van der Waals surface area contributed by atoms with E-state index in [1.54, 1.807) is 0 Å². The first-order valence-electron chi connectivity index (χ1n) is 9.97. The highest BCUT2D eigenvalue weighted by atomic mass is 127. The molecule has 0 rings (SSSR count). The van der Waals surface area contributed by atoms with Gasteiger partial charge < -0.3 is 28.5 Å². The summed E-state index contributed by atoms with van der Waals surface area (Å²) in [6, 6.07) is 0. The minimum atomic E-state index is -8.79. The lowest BCUT2D eigenvalue weighted by Gasteiger charge is -2.44. The van der Waals surface area contributed by atoms with Crippen LogP contribution >= 0.6 is 11.6 Å². The number of hydrogen-bond donors (Lipinski definition) is 0. The van der Waals surface area contributed by atoms with Crippen molar-refractivity contribution in [2.45, 2.75) is 65.6 Å². The van der Waals surface area contributed by atoms with Gasteiger partial charge in [-0.1, -0.05) is 13.2 Å². The van der Waals surface area contributed by atoms with Crippen molar-refractivity contribution in [2.24, 2.45) is 0 Å². The summed E-state index contributed by atoms with van der Waals surface area (Å²) in [6.07, 6.45) is -1.37. The Balaban J connectivity index is 0. The number of nitrogens with zero attached hydrogens (tertiary/aromatic N) is 1. The van der Waals surface area contributed by atoms with Gasteiger partial charge in [-0.2, -0.15) is 79.0 Å². The van der Waals surface area contributed by atoms with Gasteiger partial charge in [-0.05, 0) is 23.8 Å². The molecule has 0 bridgehead atoms. The maximum absolute atomic E-state index is 14.0. The van der Waals surface area contributed by atoms with Crippen LogP contribution in [0.5, 0.6) is 0 Å². The monoisotopic (exact) mass is 765 g/mol. The number of rotatable bonds is 16. The molecule has 0 spiro atoms. The summed E-state index contributed by atoms with van der Waals surface area (Å²) in [6.45, 7) is 5.80. The van der Waals surface area contributed by atoms with Gasteiger partial charge in [0.25, 0.3) is 0 Å². The number of alkyl halides is 19. The van der Waals surface area contributed by atoms with Crippen LogP contribution in [0.3, 0.4) is 0 Å². The number of likely N-dealkylation sites (N-methyl/N-ethyl adjacent to an activating group) is 1. The molecule has 0 heterocycles. The molecule has 0 unspecified atom stereocenters. The Morgan fingerprint density at radius 2 is 0.825 bits per heavy atom. The highest BCUT2D eigenvalue weighted by Gasteiger charge is 2.96. The third-order valence-corrected chi connectivity index (χ3v) is 5.75. The smallest absolute Gasteiger partial charge is 0.393 e. The van der Waals surface area contributed by atoms with Gasteiger partial charge in [0.05, 0.1) is 26.7 Å². The molecule has 0 aliphatic rings. The van der Waals surface area contributed by atoms with Crippen LogP contribution in [-0.2, 0) is 0 Å². The van der Waals surface area contributed by atoms with Crippen LogP contribution in [0.2, 0.25) is 0 Å². The molecule has 0 N–H and O–H groups in total. The van der Waals surface area contributed by atoms with Crippen molar-refractivity contribution in [3.8, 4) is 0 Å². The summed E-state index contributed by atoms with van der Waals surface area (Å²) in [5.74, 6) is -65.1. The molecule has 0 aromatic carbocycles. The van der Waals surface area contributed by atoms with Crippen LogP contribution in [0.15, 0.2) is 25.3 Å². The van der Waals surface area contributed by atoms with Crippen molar-refractivity contribution in [2.75, 3.05) is 26.7 Å². The predicted octanol–water partition coefficient (Wildman–Crippen LogP) is 5.50. The molecule has 1 nitrogen and oxygen atoms in total. The van der Waals surface area contributed by atoms with Crippen LogP contribution in [0.25, 0.3) is 0 Å². The van der Waals surface area contributed by atoms with Crippen molar-refractivity contribution < 1.29 is 107 Å². The first-order chi connectivity index (χ1) is 16.8. The topological polar surface area (TPSA) is 0 Å². The number of halogens is 20. The zero-order chi connectivity index (χ0) is 31.9. The first kappa shape index (κ1) is 41.3. The Morgan fingerprint density at radius 1 is 0.550 bits per heavy atom. The fourth-order valence-corrected chi connectivity index (χ4v) is 3.23. The Bertz CT molecular complexity index is 873. The van der Waals surface area contributed by atoms with Crippen LogP contribution in [0, 0.1) is 0 Å². The van der Waals surface area contributed by atoms with Gasteiger partial charge in [0.2, 0.25) is 0 Å². The summed E-state index contributed by atoms with van der Waals surface area (Å²) in [5.41, 5.74) is 0. The van der Waals surface area contributed by atoms with E-state index >= 15 is 0 Å². The second-order valence-electron chi connectivity index (χ2n) is 8.61. The molecule has 0 aromatic rings. The van der Waals surface area contributed by atoms with Crippen molar-refractivity contribution in [1.82, 2.24) is 0 Å². The second kappa shape index (κ2) is 12.1. The molecule has 0 saturated heterocycles. The van der Waals surface area contributed by atoms with E-state index in [0.717, 1.165) is 0 Å². The lowest BCUT2D eigenvalue weighted by atomic mass is 9.86. The third-order valence-electron chi connectivity index (χ3n) is 5.51. The third kappa shape index (κ3) is 6.41. The average Bonchev–Trinajstić information content (AvgIpc) is 2.71. The second-order valence-corrected chi connectivity index (χ2v) is 9.09. The Hall–Kier alpha value is -0.800. The SMILES string of the molecule is C=CC[N+](C)(CC=C)CCCC(F)(F)C(F)(F)C(F)(F)C(F)(F)C(F)(F)C(F)(F)C(F)(F)C(F)(F)C(F)(F)Cl.[I-]. The van der Waals surface area contributed by atoms with Gasteiger partial charge in [-0.25, -0.2) is 0 Å². The standard InChI is InChI=1S/C19H19ClF18N.HI/c1-4-8-39(3,9-5-2)10-6-7-11(21,22)12(23,24)13(25,26)14(27,28)15(29,30)16(31,32)17(33,34)18(35,36)19(20,37)38;/h4-5H,1-2,6-10H2,3H3;1H/q+1;/p-1. The zero-order valence-electron chi connectivity index (χ0n) is 19.6. The molecule has 0 fully saturated rings. The van der Waals surface area contributed by atoms with E-state index in [4.69, 9.17) is 0 Å². The van der Waals surface area contributed by atoms with Crippen LogP contribution in [0.4, 0.5) is 79.0 Å². The van der Waals surface area contributed by atoms with E-state index in [-0.39, 0.29) is 41.5 Å². The molecule has 21 heteroatoms. The van der Waals surface area contributed by atoms with Crippen molar-refractivity contribution in [3.05, 3.63) is 25.3 Å². The summed E-state index contributed by atoms with van der Waals surface area (Å²) < 4.78 is 243. The molecule has 0 saturated carbocycles. The molecule has 0 aliphatic heterocycles. The minimum Gasteiger partial charge on any atom is -1.00 e. The van der Waals surface area contributed by atoms with Crippen molar-refractivity contribution >= 4 is 11.6 Å². The largest absolute Gasteiger partial charge is 1.00 e. The Morgan fingerprint density at radius 3 is 1.10 bits per heavy atom. The molecule has 0 atom stereocenters. The van der Waals surface area contributed by atoms with E-state index in [2.05, 4.69) is 24.8 Å². The molecular weight excluding hydrogens is 747 g/mol. The highest BCUT2D eigenvalue weighted by molar-refractivity contribution is 6.22. The highest BCUT2D eigenvalue weighted by Crippen LogP contribution is 2.65. The Kier molecular flexibility index (Phi) is 12.5. The van der Waals surface area contributed by atoms with Gasteiger partial charge in [0, 0.05) is 12.8 Å². The summed E-state index contributed by atoms with van der Waals surface area (Å²) in [4.78, 5) is 0. The maximum Gasteiger partial charge on any atom is 0.393 e. The fourth-order valence-electron chi connectivity index (χ4n) is 3.11. The van der Waals surface area contributed by atoms with Crippen LogP contribution in [-0.4, -0.2) is 83.9 Å². The normalized spacial score (nSPS) is 15.5. The van der Waals surface area contributed by atoms with Gasteiger partial charge in [-0.3, -0.25) is 0 Å². The Labute approximate surface area is 236 Å². The van der Waals surface area contributed by atoms with E-state index in [1.165, 1.54) is 19.2 Å². The summed E-state index contributed by atoms with van der Waals surface area (Å²) >= 11 is 3.41. The molecule has 40 heavy (non-hydrogen) atoms. The molecule has 0 amide bonds. The lowest BCUT2D eigenvalue weighted by molar-refractivity contribution is -0.898. The quantitative estimate of drug-likeness (QED) is 0.0641. The number of hydrogen-bond acceptors (Lipinski definition) is 0. The van der Waals surface area contributed by atoms with Gasteiger partial charge in [0.15, 0.2) is 0 Å². The van der Waals surface area contributed by atoms with Gasteiger partial charge >= 0.3 is 52.8 Å². The minimum absolute atomic E-state index is 0. The first-order valence-corrected chi connectivity index (χ1v) is 10.4. The number of quaternary nitrogens is 1. The molecule has 0 aromatic heterocycles. The zero-order valence-corrected chi connectivity index (χ0v) is 22.5. The molecule has 0 radical (unpaired) electrons. The van der Waals surface area contributed by atoms with Crippen LogP contribution < -0.4 is 24.0 Å². The van der Waals surface area contributed by atoms with E-state index in [0.29, 0.717) is 0 Å². The fraction of sp³-hybridized carbons (Fsp3) is 0.789. The van der Waals surface area contributed by atoms with Gasteiger partial charge in [0.1, 0.15) is 0 Å². The maximum atomic E-state index is 14.0. The van der Waals surface area contributed by atoms with Gasteiger partial charge in [-0.15, -0.1) is 0 Å². The van der Waals surface area contributed by atoms with Crippen molar-refractivity contribution in [1.29, 1.82) is 0 Å². The predicted molar refractivity (Wildman–Crippen MR) is 101 cm³/mol.